The number of carbonyl (C=O) groups excluding carboxylic acids is 6. The molecule has 0 amide bonds. The maximum Gasteiger partial charge on any atom is 0.344 e. The molecule has 19 heteroatoms. The molecular weight excluding hydrogens is 1150 g/mol. The van der Waals surface area contributed by atoms with E-state index in [2.05, 4.69) is 20.1 Å². The Hall–Kier alpha value is -9.78. The number of ether oxygens (including phenoxy) is 9. The van der Waals surface area contributed by atoms with Gasteiger partial charge in [-0.05, 0) is 148 Å². The van der Waals surface area contributed by atoms with Crippen LogP contribution in [0.4, 0.5) is 11.4 Å². The monoisotopic (exact) mass is 1230 g/mol. The van der Waals surface area contributed by atoms with Gasteiger partial charge < -0.3 is 48.4 Å². The summed E-state index contributed by atoms with van der Waals surface area (Å²) in [4.78, 5) is 88.7. The molecule has 6 rings (SSSR count). The van der Waals surface area contributed by atoms with Crippen LogP contribution in [0, 0.1) is 10.1 Å². The molecule has 0 spiro atoms. The van der Waals surface area contributed by atoms with Crippen LogP contribution in [0.3, 0.4) is 0 Å². The number of nitrogens with zero attached hydrogens (tertiary/aromatic N) is 1. The van der Waals surface area contributed by atoms with E-state index in [1.807, 2.05) is 6.92 Å². The second-order valence-electron chi connectivity index (χ2n) is 21.3. The number of carbonyl (C=O) groups is 6. The van der Waals surface area contributed by atoms with E-state index < -0.39 is 40.7 Å². The number of nitro benzene ring substituents is 1. The van der Waals surface area contributed by atoms with Gasteiger partial charge in [0.2, 0.25) is 0 Å². The molecule has 1 atom stereocenters. The van der Waals surface area contributed by atoms with Crippen LogP contribution in [0.2, 0.25) is 0 Å². The molecule has 0 unspecified atom stereocenters. The summed E-state index contributed by atoms with van der Waals surface area (Å²) in [5, 5.41) is 12.1. The molecule has 0 saturated heterocycles. The normalized spacial score (nSPS) is 11.1. The summed E-state index contributed by atoms with van der Waals surface area (Å²) in [6, 6.07) is 32.1. The lowest BCUT2D eigenvalue weighted by molar-refractivity contribution is -0.386. The number of hydrogen-bond acceptors (Lipinski definition) is 18. The van der Waals surface area contributed by atoms with E-state index in [-0.39, 0.29) is 69.3 Å². The molecule has 19 nitrogen and oxygen atoms in total. The number of nitrogen functional groups attached to an aromatic ring is 1. The van der Waals surface area contributed by atoms with Gasteiger partial charge in [0, 0.05) is 35.5 Å². The Morgan fingerprint density at radius 3 is 1.47 bits per heavy atom. The van der Waals surface area contributed by atoms with Crippen LogP contribution in [-0.4, -0.2) is 73.3 Å². The Kier molecular flexibility index (Phi) is 29.1. The van der Waals surface area contributed by atoms with Crippen molar-refractivity contribution < 1.29 is 76.3 Å². The van der Waals surface area contributed by atoms with Gasteiger partial charge in [-0.1, -0.05) is 115 Å². The summed E-state index contributed by atoms with van der Waals surface area (Å²) in [7, 11) is 0. The van der Waals surface area contributed by atoms with Gasteiger partial charge in [-0.15, -0.1) is 0 Å². The molecule has 6 aromatic rings. The van der Waals surface area contributed by atoms with Crippen LogP contribution in [0.15, 0.2) is 153 Å². The highest BCUT2D eigenvalue weighted by Gasteiger charge is 2.25. The summed E-state index contributed by atoms with van der Waals surface area (Å²) in [6.45, 7) is 12.2. The van der Waals surface area contributed by atoms with E-state index in [4.69, 9.17) is 48.4 Å². The molecule has 0 aromatic heterocycles. The van der Waals surface area contributed by atoms with Crippen molar-refractivity contribution in [1.29, 1.82) is 0 Å². The summed E-state index contributed by atoms with van der Waals surface area (Å²) in [6.07, 6.45) is 18.2. The van der Waals surface area contributed by atoms with E-state index >= 15 is 0 Å². The van der Waals surface area contributed by atoms with Crippen LogP contribution in [0.5, 0.6) is 34.5 Å². The quantitative estimate of drug-likeness (QED) is 0.00548. The second-order valence-corrected chi connectivity index (χ2v) is 21.3. The van der Waals surface area contributed by atoms with Crippen molar-refractivity contribution in [3.8, 4) is 45.6 Å². The first-order valence-corrected chi connectivity index (χ1v) is 30.6. The van der Waals surface area contributed by atoms with Gasteiger partial charge in [-0.25, -0.2) is 28.8 Å². The molecule has 0 radical (unpaired) electrons. The minimum absolute atomic E-state index is 0.0592. The first-order chi connectivity index (χ1) is 43.6. The molecule has 2 N–H and O–H groups in total. The average molecular weight is 1230 g/mol. The van der Waals surface area contributed by atoms with Crippen molar-refractivity contribution in [2.45, 2.75) is 136 Å². The molecule has 0 saturated carbocycles. The lowest BCUT2D eigenvalue weighted by atomic mass is 10.0. The highest BCUT2D eigenvalue weighted by atomic mass is 16.6. The van der Waals surface area contributed by atoms with Gasteiger partial charge in [-0.3, -0.25) is 10.1 Å². The summed E-state index contributed by atoms with van der Waals surface area (Å²) in [5.74, 6) is -2.40. The first-order valence-electron chi connectivity index (χ1n) is 30.6. The average Bonchev–Trinajstić information content (AvgIpc) is 1.44. The van der Waals surface area contributed by atoms with Crippen molar-refractivity contribution in [3.63, 3.8) is 0 Å². The molecule has 0 aliphatic heterocycles. The third-order valence-corrected chi connectivity index (χ3v) is 14.3. The van der Waals surface area contributed by atoms with E-state index in [0.717, 1.165) is 121 Å². The van der Waals surface area contributed by atoms with Gasteiger partial charge >= 0.3 is 41.5 Å². The number of nitrogens with two attached hydrogens (primary N) is 1. The van der Waals surface area contributed by atoms with Crippen LogP contribution in [0.1, 0.15) is 170 Å². The number of rotatable bonds is 40. The van der Waals surface area contributed by atoms with Crippen LogP contribution >= 0.6 is 0 Å². The standard InChI is InChI=1S/C71H80N2O17/c1-5-8-9-18-23-50(4)87-65-48-63(72)61(47-64(65)73(80)81)52-26-28-53(29-27-52)68(76)88-57-31-24-51(25-32-57)49-86-70(78)62-46-54(69(77)89-58-37-33-55(34-38-58)82-42-19-14-10-12-16-21-44-84-66(74)6-2)30-41-60(62)71(79)90-59-39-35-56(36-40-59)83-43-20-15-11-13-17-22-45-85-67(75)7-3/h6-7,24-41,46-48,50H,2-3,5,8-23,42-45,49,72H2,1,4H3/t50-/m0/s1. The summed E-state index contributed by atoms with van der Waals surface area (Å²) < 4.78 is 50.5. The number of unbranched alkanes of at least 4 members (excludes halogenated alkanes) is 13. The Morgan fingerprint density at radius 1 is 0.500 bits per heavy atom. The molecule has 90 heavy (non-hydrogen) atoms. The van der Waals surface area contributed by atoms with Crippen molar-refractivity contribution in [1.82, 2.24) is 0 Å². The maximum atomic E-state index is 14.0. The Balaban J connectivity index is 1.05. The molecule has 0 aliphatic carbocycles. The number of hydrogen-bond donors (Lipinski definition) is 1. The van der Waals surface area contributed by atoms with E-state index in [9.17, 15) is 38.9 Å². The Morgan fingerprint density at radius 2 is 0.956 bits per heavy atom. The van der Waals surface area contributed by atoms with Gasteiger partial charge in [0.15, 0.2) is 5.75 Å². The summed E-state index contributed by atoms with van der Waals surface area (Å²) >= 11 is 0. The SMILES string of the molecule is C=CC(=O)OCCCCCCCCOc1ccc(OC(=O)c2ccc(C(=O)Oc3ccc(OCCCCCCCCOC(=O)C=C)cc3)c(C(=O)OCc3ccc(OC(=O)c4ccc(-c5cc([N+](=O)[O-])c(O[C@@H](C)CCCCCC)cc5N)cc4)cc3)c2)cc1. The van der Waals surface area contributed by atoms with E-state index in [1.165, 1.54) is 54.6 Å². The molecule has 6 aromatic carbocycles. The minimum atomic E-state index is -0.954. The highest BCUT2D eigenvalue weighted by molar-refractivity contribution is 6.06. The fourth-order valence-electron chi connectivity index (χ4n) is 9.26. The van der Waals surface area contributed by atoms with Crippen molar-refractivity contribution in [3.05, 3.63) is 191 Å². The zero-order valence-electron chi connectivity index (χ0n) is 51.3. The van der Waals surface area contributed by atoms with Gasteiger partial charge in [-0.2, -0.15) is 0 Å². The minimum Gasteiger partial charge on any atom is -0.494 e. The molecule has 0 fully saturated rings. The predicted molar refractivity (Wildman–Crippen MR) is 340 cm³/mol. The van der Waals surface area contributed by atoms with Crippen LogP contribution < -0.4 is 34.2 Å². The fourth-order valence-corrected chi connectivity index (χ4v) is 9.26. The van der Waals surface area contributed by atoms with Gasteiger partial charge in [0.25, 0.3) is 0 Å². The van der Waals surface area contributed by atoms with Gasteiger partial charge in [0.1, 0.15) is 35.4 Å². The highest BCUT2D eigenvalue weighted by Crippen LogP contribution is 2.38. The van der Waals surface area contributed by atoms with E-state index in [1.54, 1.807) is 72.8 Å². The Labute approximate surface area is 525 Å². The smallest absolute Gasteiger partial charge is 0.344 e. The topological polar surface area (TPSA) is 255 Å². The zero-order valence-corrected chi connectivity index (χ0v) is 51.3. The summed E-state index contributed by atoms with van der Waals surface area (Å²) in [5.41, 5.74) is 7.54. The van der Waals surface area contributed by atoms with Crippen LogP contribution in [0.25, 0.3) is 11.1 Å². The lowest BCUT2D eigenvalue weighted by Gasteiger charge is -2.16. The number of anilines is 1. The van der Waals surface area contributed by atoms with Crippen LogP contribution in [-0.2, 0) is 30.4 Å². The van der Waals surface area contributed by atoms with Crippen molar-refractivity contribution in [2.75, 3.05) is 32.2 Å². The predicted octanol–water partition coefficient (Wildman–Crippen LogP) is 15.5. The Bertz CT molecular complexity index is 3320. The van der Waals surface area contributed by atoms with E-state index in [0.29, 0.717) is 54.6 Å². The molecule has 0 bridgehead atoms. The molecule has 0 aliphatic rings. The molecule has 476 valence electrons. The van der Waals surface area contributed by atoms with Crippen molar-refractivity contribution in [2.24, 2.45) is 0 Å². The van der Waals surface area contributed by atoms with Gasteiger partial charge in [0.05, 0.1) is 59.7 Å². The fraction of sp³-hybridized carbons (Fsp3) is 0.352. The van der Waals surface area contributed by atoms with Crippen molar-refractivity contribution >= 4 is 47.2 Å². The zero-order chi connectivity index (χ0) is 64.5. The largest absolute Gasteiger partial charge is 0.494 e. The maximum absolute atomic E-state index is 14.0. The second kappa shape index (κ2) is 37.8. The third-order valence-electron chi connectivity index (χ3n) is 14.3. The number of esters is 6. The first kappa shape index (κ1) is 69.3. The lowest BCUT2D eigenvalue weighted by Crippen LogP contribution is -2.18. The number of nitro groups is 1. The molecule has 0 heterocycles. The third kappa shape index (κ3) is 23.7. The number of benzene rings is 6. The molecular formula is C71H80N2O17.